The van der Waals surface area contributed by atoms with Crippen LogP contribution in [0.25, 0.3) is 0 Å². The van der Waals surface area contributed by atoms with Crippen molar-refractivity contribution in [3.05, 3.63) is 0 Å². The summed E-state index contributed by atoms with van der Waals surface area (Å²) in [5.41, 5.74) is 0. The molecule has 0 bridgehead atoms. The highest BCUT2D eigenvalue weighted by Crippen LogP contribution is 2.29. The van der Waals surface area contributed by atoms with Gasteiger partial charge in [0.05, 0.1) is 18.8 Å². The summed E-state index contributed by atoms with van der Waals surface area (Å²) in [6, 6.07) is 0. The van der Waals surface area contributed by atoms with Crippen molar-refractivity contribution in [2.24, 2.45) is 11.8 Å². The van der Waals surface area contributed by atoms with Gasteiger partial charge in [0.15, 0.2) is 0 Å². The third-order valence-corrected chi connectivity index (χ3v) is 4.36. The van der Waals surface area contributed by atoms with E-state index in [4.69, 9.17) is 9.84 Å². The maximum absolute atomic E-state index is 9.94. The highest BCUT2D eigenvalue weighted by atomic mass is 16.5. The fraction of sp³-hybridized carbons (Fsp3) is 1.00. The lowest BCUT2D eigenvalue weighted by Gasteiger charge is -2.31. The Kier molecular flexibility index (Phi) is 9.44. The molecule has 3 N–H and O–H groups in total. The topological polar surface area (TPSA) is 61.7 Å². The number of hydrogen-bond donors (Lipinski definition) is 3. The first-order valence-electron chi connectivity index (χ1n) is 8.28. The monoisotopic (exact) mass is 287 g/mol. The predicted octanol–water partition coefficient (Wildman–Crippen LogP) is 1.94. The van der Waals surface area contributed by atoms with Crippen LogP contribution in [-0.4, -0.2) is 48.7 Å². The number of nitrogens with one attached hydrogen (secondary N) is 1. The summed E-state index contributed by atoms with van der Waals surface area (Å²) in [6.07, 6.45) is 6.89. The first-order valence-corrected chi connectivity index (χ1v) is 8.28. The Morgan fingerprint density at radius 2 is 2.00 bits per heavy atom. The fourth-order valence-electron chi connectivity index (χ4n) is 2.97. The summed E-state index contributed by atoms with van der Waals surface area (Å²) >= 11 is 0. The van der Waals surface area contributed by atoms with Crippen LogP contribution in [0.5, 0.6) is 0 Å². The minimum absolute atomic E-state index is 0.231. The molecule has 1 aliphatic carbocycles. The van der Waals surface area contributed by atoms with Crippen molar-refractivity contribution < 1.29 is 14.9 Å². The molecule has 0 aromatic heterocycles. The van der Waals surface area contributed by atoms with E-state index in [0.717, 1.165) is 19.4 Å². The minimum Gasteiger partial charge on any atom is -0.396 e. The third-order valence-electron chi connectivity index (χ3n) is 4.36. The molecule has 0 aromatic rings. The zero-order chi connectivity index (χ0) is 14.8. The van der Waals surface area contributed by atoms with Gasteiger partial charge in [-0.15, -0.1) is 0 Å². The summed E-state index contributed by atoms with van der Waals surface area (Å²) < 4.78 is 5.92. The van der Waals surface area contributed by atoms with E-state index in [9.17, 15) is 5.11 Å². The van der Waals surface area contributed by atoms with Crippen LogP contribution in [-0.2, 0) is 4.74 Å². The highest BCUT2D eigenvalue weighted by Gasteiger charge is 2.24. The van der Waals surface area contributed by atoms with Crippen molar-refractivity contribution in [2.75, 3.05) is 26.3 Å². The SMILES string of the molecule is CCC1CCCCC1OCC(O)CNCC(C)CCO. The van der Waals surface area contributed by atoms with Crippen LogP contribution < -0.4 is 5.32 Å². The van der Waals surface area contributed by atoms with Crippen molar-refractivity contribution in [3.63, 3.8) is 0 Å². The van der Waals surface area contributed by atoms with Crippen LogP contribution in [0.15, 0.2) is 0 Å². The molecular weight excluding hydrogens is 254 g/mol. The van der Waals surface area contributed by atoms with Crippen LogP contribution in [0.3, 0.4) is 0 Å². The molecule has 0 heterocycles. The Balaban J connectivity index is 2.11. The average Bonchev–Trinajstić information content (AvgIpc) is 2.45. The molecule has 20 heavy (non-hydrogen) atoms. The number of aliphatic hydroxyl groups is 2. The van der Waals surface area contributed by atoms with Crippen molar-refractivity contribution in [1.82, 2.24) is 5.32 Å². The molecule has 1 fully saturated rings. The minimum atomic E-state index is -0.434. The summed E-state index contributed by atoms with van der Waals surface area (Å²) in [5, 5.41) is 22.0. The molecule has 0 aliphatic heterocycles. The van der Waals surface area contributed by atoms with Crippen LogP contribution >= 0.6 is 0 Å². The number of aliphatic hydroxyl groups excluding tert-OH is 2. The molecule has 0 spiro atoms. The molecule has 1 aliphatic rings. The summed E-state index contributed by atoms with van der Waals surface area (Å²) in [4.78, 5) is 0. The van der Waals surface area contributed by atoms with E-state index >= 15 is 0 Å². The first-order chi connectivity index (χ1) is 9.67. The lowest BCUT2D eigenvalue weighted by molar-refractivity contribution is -0.0499. The Morgan fingerprint density at radius 3 is 2.70 bits per heavy atom. The molecule has 1 rings (SSSR count). The largest absolute Gasteiger partial charge is 0.396 e. The fourth-order valence-corrected chi connectivity index (χ4v) is 2.97. The number of hydrogen-bond acceptors (Lipinski definition) is 4. The van der Waals surface area contributed by atoms with Gasteiger partial charge in [-0.3, -0.25) is 0 Å². The molecule has 4 nitrogen and oxygen atoms in total. The Morgan fingerprint density at radius 1 is 1.25 bits per heavy atom. The van der Waals surface area contributed by atoms with E-state index in [1.165, 1.54) is 25.7 Å². The third kappa shape index (κ3) is 7.02. The lowest BCUT2D eigenvalue weighted by atomic mass is 9.85. The molecular formula is C16H33NO3. The van der Waals surface area contributed by atoms with E-state index in [-0.39, 0.29) is 6.61 Å². The van der Waals surface area contributed by atoms with Gasteiger partial charge in [0, 0.05) is 13.2 Å². The molecule has 120 valence electrons. The Bertz CT molecular complexity index is 238. The second-order valence-electron chi connectivity index (χ2n) is 6.25. The van der Waals surface area contributed by atoms with Crippen molar-refractivity contribution in [3.8, 4) is 0 Å². The van der Waals surface area contributed by atoms with Crippen LogP contribution in [0.2, 0.25) is 0 Å². The quantitative estimate of drug-likeness (QED) is 0.575. The van der Waals surface area contributed by atoms with Crippen molar-refractivity contribution >= 4 is 0 Å². The van der Waals surface area contributed by atoms with Gasteiger partial charge >= 0.3 is 0 Å². The van der Waals surface area contributed by atoms with Gasteiger partial charge in [-0.25, -0.2) is 0 Å². The number of rotatable bonds is 10. The molecule has 4 atom stereocenters. The summed E-state index contributed by atoms with van der Waals surface area (Å²) in [6.45, 7) is 6.39. The van der Waals surface area contributed by atoms with Crippen LogP contribution in [0.4, 0.5) is 0 Å². The molecule has 0 radical (unpaired) electrons. The molecule has 1 saturated carbocycles. The van der Waals surface area contributed by atoms with Crippen LogP contribution in [0, 0.1) is 11.8 Å². The van der Waals surface area contributed by atoms with Crippen LogP contribution in [0.1, 0.15) is 52.4 Å². The molecule has 0 amide bonds. The molecule has 0 aromatic carbocycles. The Labute approximate surface area is 123 Å². The van der Waals surface area contributed by atoms with Crippen molar-refractivity contribution in [2.45, 2.75) is 64.6 Å². The second-order valence-corrected chi connectivity index (χ2v) is 6.25. The standard InChI is InChI=1S/C16H33NO3/c1-3-14-6-4-5-7-16(14)20-12-15(19)11-17-10-13(2)8-9-18/h13-19H,3-12H2,1-2H3. The molecule has 4 unspecified atom stereocenters. The van der Waals surface area contributed by atoms with Gasteiger partial charge in [-0.1, -0.05) is 33.1 Å². The summed E-state index contributed by atoms with van der Waals surface area (Å²) in [7, 11) is 0. The highest BCUT2D eigenvalue weighted by molar-refractivity contribution is 4.75. The smallest absolute Gasteiger partial charge is 0.0897 e. The van der Waals surface area contributed by atoms with E-state index in [0.29, 0.717) is 31.1 Å². The second kappa shape index (κ2) is 10.6. The van der Waals surface area contributed by atoms with E-state index in [2.05, 4.69) is 19.2 Å². The molecule has 0 saturated heterocycles. The van der Waals surface area contributed by atoms with Gasteiger partial charge < -0.3 is 20.3 Å². The predicted molar refractivity (Wildman–Crippen MR) is 81.7 cm³/mol. The zero-order valence-electron chi connectivity index (χ0n) is 13.2. The first kappa shape index (κ1) is 17.9. The van der Waals surface area contributed by atoms with Gasteiger partial charge in [-0.05, 0) is 37.6 Å². The van der Waals surface area contributed by atoms with E-state index < -0.39 is 6.10 Å². The summed E-state index contributed by atoms with van der Waals surface area (Å²) in [5.74, 6) is 1.12. The zero-order valence-corrected chi connectivity index (χ0v) is 13.2. The van der Waals surface area contributed by atoms with Gasteiger partial charge in [-0.2, -0.15) is 0 Å². The van der Waals surface area contributed by atoms with E-state index in [1.807, 2.05) is 0 Å². The maximum Gasteiger partial charge on any atom is 0.0897 e. The van der Waals surface area contributed by atoms with Crippen molar-refractivity contribution in [1.29, 1.82) is 0 Å². The molecule has 4 heteroatoms. The van der Waals surface area contributed by atoms with Gasteiger partial charge in [0.25, 0.3) is 0 Å². The van der Waals surface area contributed by atoms with Gasteiger partial charge in [0.1, 0.15) is 0 Å². The average molecular weight is 287 g/mol. The Hall–Kier alpha value is -0.160. The normalized spacial score (nSPS) is 26.4. The maximum atomic E-state index is 9.94. The van der Waals surface area contributed by atoms with Gasteiger partial charge in [0.2, 0.25) is 0 Å². The van der Waals surface area contributed by atoms with E-state index in [1.54, 1.807) is 0 Å². The lowest BCUT2D eigenvalue weighted by Crippen LogP contribution is -2.36. The number of ether oxygens (including phenoxy) is 1.